The molecule has 21 heavy (non-hydrogen) atoms. The van der Waals surface area contributed by atoms with E-state index in [4.69, 9.17) is 4.74 Å². The standard InChI is InChI=1S/C18H28N2O/c1-14(2)7-10-20-11-8-16(9-12-20)19-18-6-5-17(21-4)13-15(18)3/h5-7,13,16,19H,8-12H2,1-4H3. The molecule has 0 radical (unpaired) electrons. The van der Waals surface area contributed by atoms with Crippen molar-refractivity contribution >= 4 is 5.69 Å². The fourth-order valence-corrected chi connectivity index (χ4v) is 2.72. The minimum Gasteiger partial charge on any atom is -0.497 e. The van der Waals surface area contributed by atoms with Gasteiger partial charge in [-0.15, -0.1) is 0 Å². The lowest BCUT2D eigenvalue weighted by Gasteiger charge is -2.32. The van der Waals surface area contributed by atoms with Crippen molar-refractivity contribution in [2.45, 2.75) is 39.7 Å². The van der Waals surface area contributed by atoms with Crippen LogP contribution in [0.5, 0.6) is 5.75 Å². The summed E-state index contributed by atoms with van der Waals surface area (Å²) in [6.45, 7) is 9.92. The maximum absolute atomic E-state index is 5.26. The molecule has 3 nitrogen and oxygen atoms in total. The lowest BCUT2D eigenvalue weighted by Crippen LogP contribution is -2.39. The highest BCUT2D eigenvalue weighted by Crippen LogP contribution is 2.24. The van der Waals surface area contributed by atoms with Gasteiger partial charge in [0, 0.05) is 31.4 Å². The quantitative estimate of drug-likeness (QED) is 0.833. The molecule has 2 rings (SSSR count). The van der Waals surface area contributed by atoms with Crippen molar-refractivity contribution < 1.29 is 4.74 Å². The van der Waals surface area contributed by atoms with E-state index in [0.29, 0.717) is 6.04 Å². The maximum Gasteiger partial charge on any atom is 0.119 e. The highest BCUT2D eigenvalue weighted by Gasteiger charge is 2.18. The molecule has 1 aliphatic heterocycles. The van der Waals surface area contributed by atoms with Gasteiger partial charge < -0.3 is 10.1 Å². The van der Waals surface area contributed by atoms with Crippen molar-refractivity contribution in [2.75, 3.05) is 32.1 Å². The molecule has 1 aromatic rings. The van der Waals surface area contributed by atoms with Crippen molar-refractivity contribution in [3.8, 4) is 5.75 Å². The van der Waals surface area contributed by atoms with Gasteiger partial charge in [0.1, 0.15) is 5.75 Å². The van der Waals surface area contributed by atoms with Gasteiger partial charge in [0.2, 0.25) is 0 Å². The van der Waals surface area contributed by atoms with Crippen LogP contribution in [0, 0.1) is 6.92 Å². The summed E-state index contributed by atoms with van der Waals surface area (Å²) in [5.41, 5.74) is 3.89. The third kappa shape index (κ3) is 4.78. The number of nitrogens with zero attached hydrogens (tertiary/aromatic N) is 1. The van der Waals surface area contributed by atoms with Crippen molar-refractivity contribution in [1.29, 1.82) is 0 Å². The Bertz CT molecular complexity index is 484. The van der Waals surface area contributed by atoms with Gasteiger partial charge in [-0.25, -0.2) is 0 Å². The second-order valence-corrected chi connectivity index (χ2v) is 6.18. The molecule has 3 heteroatoms. The van der Waals surface area contributed by atoms with Crippen LogP contribution in [-0.2, 0) is 0 Å². The summed E-state index contributed by atoms with van der Waals surface area (Å²) in [7, 11) is 1.71. The zero-order valence-corrected chi connectivity index (χ0v) is 13.8. The Morgan fingerprint density at radius 1 is 1.33 bits per heavy atom. The molecule has 1 N–H and O–H groups in total. The van der Waals surface area contributed by atoms with Gasteiger partial charge in [0.15, 0.2) is 0 Å². The topological polar surface area (TPSA) is 24.5 Å². The Morgan fingerprint density at radius 2 is 2.05 bits per heavy atom. The average Bonchev–Trinajstić information content (AvgIpc) is 2.48. The number of methoxy groups -OCH3 is 1. The van der Waals surface area contributed by atoms with Crippen LogP contribution in [0.25, 0.3) is 0 Å². The van der Waals surface area contributed by atoms with Crippen LogP contribution in [0.4, 0.5) is 5.69 Å². The fraction of sp³-hybridized carbons (Fsp3) is 0.556. The first-order chi connectivity index (χ1) is 10.1. The first kappa shape index (κ1) is 15.9. The predicted molar refractivity (Wildman–Crippen MR) is 90.2 cm³/mol. The van der Waals surface area contributed by atoms with Crippen molar-refractivity contribution in [2.24, 2.45) is 0 Å². The molecular weight excluding hydrogens is 260 g/mol. The molecule has 0 atom stereocenters. The van der Waals surface area contributed by atoms with Crippen LogP contribution in [0.15, 0.2) is 29.8 Å². The molecule has 1 aliphatic rings. The highest BCUT2D eigenvalue weighted by atomic mass is 16.5. The number of hydrogen-bond donors (Lipinski definition) is 1. The molecule has 1 saturated heterocycles. The number of likely N-dealkylation sites (tertiary alicyclic amines) is 1. The van der Waals surface area contributed by atoms with Crippen molar-refractivity contribution in [3.63, 3.8) is 0 Å². The van der Waals surface area contributed by atoms with Gasteiger partial charge in [-0.3, -0.25) is 4.90 Å². The van der Waals surface area contributed by atoms with Gasteiger partial charge in [0.05, 0.1) is 7.11 Å². The van der Waals surface area contributed by atoms with Crippen LogP contribution >= 0.6 is 0 Å². The maximum atomic E-state index is 5.26. The van der Waals surface area contributed by atoms with E-state index in [2.05, 4.69) is 49.2 Å². The molecule has 0 amide bonds. The Hall–Kier alpha value is -1.48. The SMILES string of the molecule is COc1ccc(NC2CCN(CC=C(C)C)CC2)c(C)c1. The average molecular weight is 288 g/mol. The van der Waals surface area contributed by atoms with E-state index in [-0.39, 0.29) is 0 Å². The first-order valence-corrected chi connectivity index (χ1v) is 7.85. The highest BCUT2D eigenvalue weighted by molar-refractivity contribution is 5.54. The molecule has 0 bridgehead atoms. The number of rotatable bonds is 5. The van der Waals surface area contributed by atoms with Crippen molar-refractivity contribution in [3.05, 3.63) is 35.4 Å². The molecule has 116 valence electrons. The molecular formula is C18H28N2O. The summed E-state index contributed by atoms with van der Waals surface area (Å²) >= 11 is 0. The number of benzene rings is 1. The van der Waals surface area contributed by atoms with E-state index < -0.39 is 0 Å². The third-order valence-electron chi connectivity index (χ3n) is 4.14. The molecule has 0 spiro atoms. The van der Waals surface area contributed by atoms with Crippen molar-refractivity contribution in [1.82, 2.24) is 4.90 Å². The largest absolute Gasteiger partial charge is 0.497 e. The van der Waals surface area contributed by atoms with Crippen LogP contribution in [0.2, 0.25) is 0 Å². The van der Waals surface area contributed by atoms with Gasteiger partial charge in [-0.05, 0) is 57.4 Å². The second kappa shape index (κ2) is 7.51. The summed E-state index contributed by atoms with van der Waals surface area (Å²) in [6.07, 6.45) is 4.74. The molecule has 1 fully saturated rings. The molecule has 0 saturated carbocycles. The van der Waals surface area contributed by atoms with E-state index in [1.807, 2.05) is 6.07 Å². The Labute approximate surface area is 129 Å². The van der Waals surface area contributed by atoms with E-state index in [1.54, 1.807) is 7.11 Å². The monoisotopic (exact) mass is 288 g/mol. The molecule has 0 unspecified atom stereocenters. The van der Waals surface area contributed by atoms with Gasteiger partial charge in [-0.1, -0.05) is 11.6 Å². The number of hydrogen-bond acceptors (Lipinski definition) is 3. The van der Waals surface area contributed by atoms with E-state index in [1.165, 1.54) is 42.8 Å². The van der Waals surface area contributed by atoms with Crippen LogP contribution in [0.1, 0.15) is 32.3 Å². The number of aryl methyl sites for hydroxylation is 1. The lowest BCUT2D eigenvalue weighted by molar-refractivity contribution is 0.240. The lowest BCUT2D eigenvalue weighted by atomic mass is 10.0. The Morgan fingerprint density at radius 3 is 2.62 bits per heavy atom. The third-order valence-corrected chi connectivity index (χ3v) is 4.14. The van der Waals surface area contributed by atoms with Crippen LogP contribution in [0.3, 0.4) is 0 Å². The fourth-order valence-electron chi connectivity index (χ4n) is 2.72. The number of ether oxygens (including phenoxy) is 1. The normalized spacial score (nSPS) is 16.6. The minimum atomic E-state index is 0.583. The van der Waals surface area contributed by atoms with E-state index in [0.717, 1.165) is 12.3 Å². The Kier molecular flexibility index (Phi) is 5.68. The first-order valence-electron chi connectivity index (χ1n) is 7.85. The number of allylic oxidation sites excluding steroid dienone is 1. The smallest absolute Gasteiger partial charge is 0.119 e. The van der Waals surface area contributed by atoms with E-state index >= 15 is 0 Å². The zero-order chi connectivity index (χ0) is 15.2. The van der Waals surface area contributed by atoms with Gasteiger partial charge in [-0.2, -0.15) is 0 Å². The zero-order valence-electron chi connectivity index (χ0n) is 13.8. The molecule has 1 aromatic carbocycles. The molecule has 0 aliphatic carbocycles. The van der Waals surface area contributed by atoms with Gasteiger partial charge in [0.25, 0.3) is 0 Å². The van der Waals surface area contributed by atoms with Crippen LogP contribution in [-0.4, -0.2) is 37.7 Å². The summed E-state index contributed by atoms with van der Waals surface area (Å²) < 4.78 is 5.26. The molecule has 0 aromatic heterocycles. The number of piperidine rings is 1. The number of nitrogens with one attached hydrogen (secondary N) is 1. The summed E-state index contributed by atoms with van der Waals surface area (Å²) in [6, 6.07) is 6.83. The Balaban J connectivity index is 1.84. The van der Waals surface area contributed by atoms with Crippen LogP contribution < -0.4 is 10.1 Å². The number of anilines is 1. The van der Waals surface area contributed by atoms with Gasteiger partial charge >= 0.3 is 0 Å². The molecule has 1 heterocycles. The summed E-state index contributed by atoms with van der Waals surface area (Å²) in [5, 5.41) is 3.69. The van der Waals surface area contributed by atoms with E-state index in [9.17, 15) is 0 Å². The summed E-state index contributed by atoms with van der Waals surface area (Å²) in [4.78, 5) is 2.53. The second-order valence-electron chi connectivity index (χ2n) is 6.18. The summed E-state index contributed by atoms with van der Waals surface area (Å²) in [5.74, 6) is 0.926. The predicted octanol–water partition coefficient (Wildman–Crippen LogP) is 3.85. The minimum absolute atomic E-state index is 0.583.